The normalized spacial score (nSPS) is 20.2. The fourth-order valence-corrected chi connectivity index (χ4v) is 2.03. The molecule has 2 amide bonds. The maximum atomic E-state index is 11.7. The lowest BCUT2D eigenvalue weighted by atomic mass is 10.1. The van der Waals surface area contributed by atoms with Gasteiger partial charge in [0, 0.05) is 23.5 Å². The Morgan fingerprint density at radius 3 is 2.81 bits per heavy atom. The lowest BCUT2D eigenvalue weighted by Crippen LogP contribution is -2.28. The van der Waals surface area contributed by atoms with Gasteiger partial charge in [0.2, 0.25) is 11.8 Å². The molecular weight excluding hydrogens is 224 g/mol. The Bertz CT molecular complexity index is 447. The second kappa shape index (κ2) is 4.17. The van der Waals surface area contributed by atoms with Gasteiger partial charge in [-0.1, -0.05) is 6.07 Å². The van der Waals surface area contributed by atoms with Crippen molar-refractivity contribution in [3.63, 3.8) is 0 Å². The number of amides is 2. The first-order chi connectivity index (χ1) is 7.58. The standard InChI is InChI=1S/C11H12N2O2S/c12-11(15)7-4-10(14)13(6-7)8-2-1-3-9(16)5-8/h1-3,5,7,16H,4,6H2,(H2,12,15). The van der Waals surface area contributed by atoms with Crippen LogP contribution in [-0.4, -0.2) is 18.4 Å². The number of hydrogen-bond acceptors (Lipinski definition) is 3. The van der Waals surface area contributed by atoms with E-state index in [-0.39, 0.29) is 18.2 Å². The van der Waals surface area contributed by atoms with Gasteiger partial charge in [0.15, 0.2) is 0 Å². The van der Waals surface area contributed by atoms with E-state index in [2.05, 4.69) is 12.6 Å². The first kappa shape index (κ1) is 11.0. The summed E-state index contributed by atoms with van der Waals surface area (Å²) >= 11 is 4.21. The number of benzene rings is 1. The Hall–Kier alpha value is -1.49. The molecule has 1 saturated heterocycles. The van der Waals surface area contributed by atoms with E-state index in [1.165, 1.54) is 0 Å². The monoisotopic (exact) mass is 236 g/mol. The van der Waals surface area contributed by atoms with Crippen molar-refractivity contribution in [2.45, 2.75) is 11.3 Å². The Labute approximate surface area is 98.8 Å². The minimum atomic E-state index is -0.419. The summed E-state index contributed by atoms with van der Waals surface area (Å²) < 4.78 is 0. The number of nitrogens with two attached hydrogens (primary N) is 1. The number of nitrogens with zero attached hydrogens (tertiary/aromatic N) is 1. The van der Waals surface area contributed by atoms with Crippen LogP contribution in [-0.2, 0) is 9.59 Å². The predicted molar refractivity (Wildman–Crippen MR) is 63.3 cm³/mol. The van der Waals surface area contributed by atoms with Crippen LogP contribution in [0.1, 0.15) is 6.42 Å². The highest BCUT2D eigenvalue weighted by Gasteiger charge is 2.33. The van der Waals surface area contributed by atoms with Crippen molar-refractivity contribution in [2.24, 2.45) is 11.7 Å². The molecule has 1 unspecified atom stereocenters. The Kier molecular flexibility index (Phi) is 2.87. The third-order valence-electron chi connectivity index (χ3n) is 2.67. The molecule has 1 aromatic carbocycles. The molecular formula is C11H12N2O2S. The van der Waals surface area contributed by atoms with Crippen LogP contribution < -0.4 is 10.6 Å². The van der Waals surface area contributed by atoms with Crippen molar-refractivity contribution < 1.29 is 9.59 Å². The zero-order valence-corrected chi connectivity index (χ0v) is 9.48. The number of anilines is 1. The van der Waals surface area contributed by atoms with Crippen molar-refractivity contribution in [2.75, 3.05) is 11.4 Å². The molecule has 1 aliphatic rings. The summed E-state index contributed by atoms with van der Waals surface area (Å²) in [5.74, 6) is -0.864. The van der Waals surface area contributed by atoms with Gasteiger partial charge in [0.05, 0.1) is 5.92 Å². The summed E-state index contributed by atoms with van der Waals surface area (Å²) in [7, 11) is 0. The number of carbonyl (C=O) groups excluding carboxylic acids is 2. The van der Waals surface area contributed by atoms with Gasteiger partial charge in [-0.25, -0.2) is 0 Å². The van der Waals surface area contributed by atoms with Crippen molar-refractivity contribution in [1.29, 1.82) is 0 Å². The molecule has 0 aliphatic carbocycles. The number of rotatable bonds is 2. The summed E-state index contributed by atoms with van der Waals surface area (Å²) in [5.41, 5.74) is 5.96. The summed E-state index contributed by atoms with van der Waals surface area (Å²) in [4.78, 5) is 25.1. The molecule has 1 fully saturated rings. The Morgan fingerprint density at radius 1 is 1.50 bits per heavy atom. The smallest absolute Gasteiger partial charge is 0.227 e. The molecule has 1 aliphatic heterocycles. The molecule has 0 spiro atoms. The van der Waals surface area contributed by atoms with Crippen LogP contribution >= 0.6 is 12.6 Å². The summed E-state index contributed by atoms with van der Waals surface area (Å²) in [6.07, 6.45) is 0.201. The first-order valence-corrected chi connectivity index (χ1v) is 5.41. The Morgan fingerprint density at radius 2 is 2.25 bits per heavy atom. The Balaban J connectivity index is 2.23. The van der Waals surface area contributed by atoms with Crippen molar-refractivity contribution in [3.8, 4) is 0 Å². The number of hydrogen-bond donors (Lipinski definition) is 2. The second-order valence-corrected chi connectivity index (χ2v) is 4.34. The summed E-state index contributed by atoms with van der Waals surface area (Å²) in [6, 6.07) is 7.27. The second-order valence-electron chi connectivity index (χ2n) is 3.83. The molecule has 0 aromatic heterocycles. The van der Waals surface area contributed by atoms with E-state index in [0.717, 1.165) is 10.6 Å². The highest BCUT2D eigenvalue weighted by molar-refractivity contribution is 7.80. The van der Waals surface area contributed by atoms with Gasteiger partial charge in [-0.2, -0.15) is 0 Å². The maximum Gasteiger partial charge on any atom is 0.227 e. The van der Waals surface area contributed by atoms with Crippen LogP contribution in [0.3, 0.4) is 0 Å². The average molecular weight is 236 g/mol. The molecule has 5 heteroatoms. The molecule has 4 nitrogen and oxygen atoms in total. The van der Waals surface area contributed by atoms with Gasteiger partial charge in [0.1, 0.15) is 0 Å². The molecule has 1 atom stereocenters. The van der Waals surface area contributed by atoms with E-state index in [1.54, 1.807) is 11.0 Å². The molecule has 0 bridgehead atoms. The van der Waals surface area contributed by atoms with Crippen LogP contribution in [0.2, 0.25) is 0 Å². The molecule has 0 radical (unpaired) electrons. The lowest BCUT2D eigenvalue weighted by Gasteiger charge is -2.16. The number of primary amides is 1. The molecule has 1 aromatic rings. The van der Waals surface area contributed by atoms with Gasteiger partial charge in [0.25, 0.3) is 0 Å². The van der Waals surface area contributed by atoms with E-state index in [4.69, 9.17) is 5.73 Å². The van der Waals surface area contributed by atoms with Gasteiger partial charge < -0.3 is 10.6 Å². The average Bonchev–Trinajstić information content (AvgIpc) is 2.60. The highest BCUT2D eigenvalue weighted by atomic mass is 32.1. The fraction of sp³-hybridized carbons (Fsp3) is 0.273. The largest absolute Gasteiger partial charge is 0.369 e. The first-order valence-electron chi connectivity index (χ1n) is 4.96. The van der Waals surface area contributed by atoms with E-state index in [9.17, 15) is 9.59 Å². The van der Waals surface area contributed by atoms with Gasteiger partial charge in [-0.3, -0.25) is 9.59 Å². The van der Waals surface area contributed by atoms with E-state index >= 15 is 0 Å². The van der Waals surface area contributed by atoms with E-state index in [0.29, 0.717) is 6.54 Å². The zero-order chi connectivity index (χ0) is 11.7. The molecule has 0 saturated carbocycles. The van der Waals surface area contributed by atoms with E-state index in [1.807, 2.05) is 18.2 Å². The molecule has 84 valence electrons. The van der Waals surface area contributed by atoms with Crippen molar-refractivity contribution in [1.82, 2.24) is 0 Å². The number of carbonyl (C=O) groups is 2. The van der Waals surface area contributed by atoms with Crippen LogP contribution in [0.5, 0.6) is 0 Å². The van der Waals surface area contributed by atoms with Crippen LogP contribution in [0.4, 0.5) is 5.69 Å². The SMILES string of the molecule is NC(=O)C1CC(=O)N(c2cccc(S)c2)C1. The topological polar surface area (TPSA) is 63.4 Å². The van der Waals surface area contributed by atoms with Crippen LogP contribution in [0, 0.1) is 5.92 Å². The van der Waals surface area contributed by atoms with Gasteiger partial charge in [-0.15, -0.1) is 12.6 Å². The third-order valence-corrected chi connectivity index (χ3v) is 2.95. The van der Waals surface area contributed by atoms with Crippen molar-refractivity contribution in [3.05, 3.63) is 24.3 Å². The maximum absolute atomic E-state index is 11.7. The lowest BCUT2D eigenvalue weighted by molar-refractivity contribution is -0.123. The third kappa shape index (κ3) is 2.04. The number of thiol groups is 1. The van der Waals surface area contributed by atoms with E-state index < -0.39 is 5.91 Å². The highest BCUT2D eigenvalue weighted by Crippen LogP contribution is 2.26. The van der Waals surface area contributed by atoms with Gasteiger partial charge in [-0.05, 0) is 18.2 Å². The van der Waals surface area contributed by atoms with Crippen molar-refractivity contribution >= 4 is 30.1 Å². The molecule has 2 N–H and O–H groups in total. The van der Waals surface area contributed by atoms with Gasteiger partial charge >= 0.3 is 0 Å². The quantitative estimate of drug-likeness (QED) is 0.746. The minimum Gasteiger partial charge on any atom is -0.369 e. The summed E-state index contributed by atoms with van der Waals surface area (Å²) in [5, 5.41) is 0. The molecule has 1 heterocycles. The predicted octanol–water partition coefficient (Wildman–Crippen LogP) is 0.813. The van der Waals surface area contributed by atoms with Crippen LogP contribution in [0.15, 0.2) is 29.2 Å². The molecule has 16 heavy (non-hydrogen) atoms. The van der Waals surface area contributed by atoms with Crippen LogP contribution in [0.25, 0.3) is 0 Å². The molecule has 2 rings (SSSR count). The zero-order valence-electron chi connectivity index (χ0n) is 8.59. The minimum absolute atomic E-state index is 0.0669. The summed E-state index contributed by atoms with van der Waals surface area (Å²) in [6.45, 7) is 0.366. The fourth-order valence-electron chi connectivity index (χ4n) is 1.81.